The van der Waals surface area contributed by atoms with Crippen LogP contribution in [0.25, 0.3) is 0 Å². The Labute approximate surface area is 171 Å². The Morgan fingerprint density at radius 1 is 1.21 bits per heavy atom. The molecule has 4 rings (SSSR count). The van der Waals surface area contributed by atoms with Gasteiger partial charge in [-0.2, -0.15) is 0 Å². The summed E-state index contributed by atoms with van der Waals surface area (Å²) in [6.07, 6.45) is 7.72. The minimum atomic E-state index is 0.194. The van der Waals surface area contributed by atoms with Gasteiger partial charge in [0.2, 0.25) is 5.91 Å². The van der Waals surface area contributed by atoms with Crippen molar-refractivity contribution in [2.75, 3.05) is 18.0 Å². The number of aromatic nitrogens is 3. The van der Waals surface area contributed by atoms with Crippen LogP contribution in [0.3, 0.4) is 0 Å². The van der Waals surface area contributed by atoms with E-state index in [-0.39, 0.29) is 11.9 Å². The molecule has 2 aromatic heterocycles. The number of fused-ring (bicyclic) bond motifs is 1. The molecule has 150 valence electrons. The van der Waals surface area contributed by atoms with Gasteiger partial charge in [-0.15, -0.1) is 11.3 Å². The number of amides is 1. The highest BCUT2D eigenvalue weighted by atomic mass is 32.1. The summed E-state index contributed by atoms with van der Waals surface area (Å²) in [6, 6.07) is 0.209. The third-order valence-corrected chi connectivity index (χ3v) is 6.64. The quantitative estimate of drug-likeness (QED) is 0.761. The molecule has 0 aromatic carbocycles. The lowest BCUT2D eigenvalue weighted by Gasteiger charge is -2.36. The zero-order valence-electron chi connectivity index (χ0n) is 17.1. The Morgan fingerprint density at radius 2 is 2.07 bits per heavy atom. The predicted octanol–water partition coefficient (Wildman–Crippen LogP) is 3.97. The van der Waals surface area contributed by atoms with Crippen LogP contribution in [0, 0.1) is 13.8 Å². The molecule has 4 heterocycles. The van der Waals surface area contributed by atoms with Crippen molar-refractivity contribution in [1.29, 1.82) is 0 Å². The molecule has 28 heavy (non-hydrogen) atoms. The number of anilines is 1. The number of hydrogen-bond acceptors (Lipinski definition) is 6. The molecular weight excluding hydrogens is 370 g/mol. The van der Waals surface area contributed by atoms with Crippen LogP contribution in [0.1, 0.15) is 72.0 Å². The zero-order valence-corrected chi connectivity index (χ0v) is 17.9. The largest absolute Gasteiger partial charge is 0.296 e. The summed E-state index contributed by atoms with van der Waals surface area (Å²) >= 11 is 1.77. The first-order valence-electron chi connectivity index (χ1n) is 10.4. The van der Waals surface area contributed by atoms with Gasteiger partial charge in [-0.25, -0.2) is 15.0 Å². The maximum atomic E-state index is 12.5. The Hall–Kier alpha value is -1.86. The molecule has 0 N–H and O–H groups in total. The van der Waals surface area contributed by atoms with Gasteiger partial charge in [0, 0.05) is 41.8 Å². The first kappa shape index (κ1) is 19.5. The van der Waals surface area contributed by atoms with E-state index in [0.29, 0.717) is 6.42 Å². The highest BCUT2D eigenvalue weighted by Crippen LogP contribution is 2.35. The van der Waals surface area contributed by atoms with Gasteiger partial charge in [-0.1, -0.05) is 13.3 Å². The van der Waals surface area contributed by atoms with Gasteiger partial charge in [0.1, 0.15) is 11.6 Å². The van der Waals surface area contributed by atoms with Gasteiger partial charge in [0.05, 0.1) is 11.0 Å². The zero-order chi connectivity index (χ0) is 19.7. The molecule has 1 unspecified atom stereocenters. The average molecular weight is 400 g/mol. The third-order valence-electron chi connectivity index (χ3n) is 5.74. The van der Waals surface area contributed by atoms with Crippen LogP contribution in [0.2, 0.25) is 0 Å². The van der Waals surface area contributed by atoms with Crippen LogP contribution in [0.4, 0.5) is 5.82 Å². The smallest absolute Gasteiger partial charge is 0.228 e. The molecule has 0 spiro atoms. The molecule has 0 bridgehead atoms. The van der Waals surface area contributed by atoms with Gasteiger partial charge >= 0.3 is 0 Å². The molecule has 1 amide bonds. The monoisotopic (exact) mass is 399 g/mol. The van der Waals surface area contributed by atoms with Crippen molar-refractivity contribution in [2.24, 2.45) is 0 Å². The van der Waals surface area contributed by atoms with Crippen LogP contribution in [-0.4, -0.2) is 38.8 Å². The number of likely N-dealkylation sites (tertiary alicyclic amines) is 1. The molecule has 1 atom stereocenters. The SMILES string of the molecule is CCCN1C(=O)CCc2c(C)nc(C3CCCCN3Cc3cnc(C)s3)nc21. The van der Waals surface area contributed by atoms with E-state index >= 15 is 0 Å². The lowest BCUT2D eigenvalue weighted by Crippen LogP contribution is -2.39. The molecule has 1 fully saturated rings. The normalized spacial score (nSPS) is 20.5. The highest BCUT2D eigenvalue weighted by molar-refractivity contribution is 7.11. The number of piperidine rings is 1. The van der Waals surface area contributed by atoms with E-state index in [4.69, 9.17) is 9.97 Å². The van der Waals surface area contributed by atoms with Gasteiger partial charge in [0.25, 0.3) is 0 Å². The van der Waals surface area contributed by atoms with Crippen molar-refractivity contribution in [2.45, 2.75) is 71.9 Å². The van der Waals surface area contributed by atoms with E-state index in [2.05, 4.69) is 30.7 Å². The number of nitrogens with zero attached hydrogens (tertiary/aromatic N) is 5. The number of rotatable bonds is 5. The molecule has 0 radical (unpaired) electrons. The average Bonchev–Trinajstić information content (AvgIpc) is 3.09. The fraction of sp³-hybridized carbons (Fsp3) is 0.619. The fourth-order valence-electron chi connectivity index (χ4n) is 4.36. The van der Waals surface area contributed by atoms with E-state index in [1.54, 1.807) is 11.3 Å². The predicted molar refractivity (Wildman–Crippen MR) is 112 cm³/mol. The van der Waals surface area contributed by atoms with Crippen molar-refractivity contribution < 1.29 is 4.79 Å². The van der Waals surface area contributed by atoms with Crippen molar-refractivity contribution in [3.63, 3.8) is 0 Å². The van der Waals surface area contributed by atoms with Crippen LogP contribution in [-0.2, 0) is 17.8 Å². The number of thiazole rings is 1. The number of carbonyl (C=O) groups is 1. The van der Waals surface area contributed by atoms with Crippen molar-refractivity contribution >= 4 is 23.1 Å². The van der Waals surface area contributed by atoms with Crippen LogP contribution in [0.5, 0.6) is 0 Å². The topological polar surface area (TPSA) is 62.2 Å². The molecule has 0 aliphatic carbocycles. The number of aryl methyl sites for hydroxylation is 2. The molecular formula is C21H29N5OS. The number of hydrogen-bond donors (Lipinski definition) is 0. The summed E-state index contributed by atoms with van der Waals surface area (Å²) in [5.41, 5.74) is 2.19. The van der Waals surface area contributed by atoms with Crippen LogP contribution < -0.4 is 4.90 Å². The van der Waals surface area contributed by atoms with Crippen molar-refractivity contribution in [3.8, 4) is 0 Å². The standard InChI is InChI=1S/C21H29N5OS/c1-4-10-26-19(27)9-8-17-14(2)23-20(24-21(17)26)18-7-5-6-11-25(18)13-16-12-22-15(3)28-16/h12,18H,4-11,13H2,1-3H3. The first-order chi connectivity index (χ1) is 13.6. The molecule has 2 aliphatic heterocycles. The summed E-state index contributed by atoms with van der Waals surface area (Å²) in [6.45, 7) is 8.92. The van der Waals surface area contributed by atoms with E-state index in [1.807, 2.05) is 11.1 Å². The lowest BCUT2D eigenvalue weighted by molar-refractivity contribution is -0.119. The van der Waals surface area contributed by atoms with Crippen molar-refractivity contribution in [3.05, 3.63) is 33.2 Å². The third kappa shape index (κ3) is 3.82. The Morgan fingerprint density at radius 3 is 2.82 bits per heavy atom. The van der Waals surface area contributed by atoms with Gasteiger partial charge < -0.3 is 0 Å². The van der Waals surface area contributed by atoms with E-state index in [0.717, 1.165) is 66.8 Å². The van der Waals surface area contributed by atoms with Crippen LogP contribution >= 0.6 is 11.3 Å². The second-order valence-electron chi connectivity index (χ2n) is 7.84. The van der Waals surface area contributed by atoms with Crippen molar-refractivity contribution in [1.82, 2.24) is 19.9 Å². The summed E-state index contributed by atoms with van der Waals surface area (Å²) < 4.78 is 0. The summed E-state index contributed by atoms with van der Waals surface area (Å²) in [5, 5.41) is 1.11. The van der Waals surface area contributed by atoms with Crippen LogP contribution in [0.15, 0.2) is 6.20 Å². The van der Waals surface area contributed by atoms with Gasteiger partial charge in [-0.05, 0) is 46.1 Å². The maximum Gasteiger partial charge on any atom is 0.228 e. The Kier molecular flexibility index (Phi) is 5.73. The van der Waals surface area contributed by atoms with E-state index in [9.17, 15) is 4.79 Å². The summed E-state index contributed by atoms with van der Waals surface area (Å²) in [4.78, 5) is 32.5. The highest BCUT2D eigenvalue weighted by Gasteiger charge is 2.32. The molecule has 1 saturated heterocycles. The number of carbonyl (C=O) groups excluding carboxylic acids is 1. The van der Waals surface area contributed by atoms with E-state index in [1.165, 1.54) is 17.7 Å². The second-order valence-corrected chi connectivity index (χ2v) is 9.16. The van der Waals surface area contributed by atoms with Gasteiger partial charge in [-0.3, -0.25) is 14.6 Å². The second kappa shape index (κ2) is 8.25. The molecule has 0 saturated carbocycles. The first-order valence-corrected chi connectivity index (χ1v) is 11.2. The molecule has 7 heteroatoms. The summed E-state index contributed by atoms with van der Waals surface area (Å²) in [7, 11) is 0. The Balaban J connectivity index is 1.67. The molecule has 2 aromatic rings. The summed E-state index contributed by atoms with van der Waals surface area (Å²) in [5.74, 6) is 1.94. The maximum absolute atomic E-state index is 12.5. The minimum Gasteiger partial charge on any atom is -0.296 e. The van der Waals surface area contributed by atoms with Gasteiger partial charge in [0.15, 0.2) is 0 Å². The fourth-order valence-corrected chi connectivity index (χ4v) is 5.18. The lowest BCUT2D eigenvalue weighted by atomic mass is 9.99. The minimum absolute atomic E-state index is 0.194. The van der Waals surface area contributed by atoms with E-state index < -0.39 is 0 Å². The Bertz CT molecular complexity index is 864. The molecule has 6 nitrogen and oxygen atoms in total. The molecule has 2 aliphatic rings.